The number of fused-ring (bicyclic) bond motifs is 1. The van der Waals surface area contributed by atoms with Gasteiger partial charge in [0.25, 0.3) is 0 Å². The van der Waals surface area contributed by atoms with Gasteiger partial charge in [0.1, 0.15) is 5.69 Å². The van der Waals surface area contributed by atoms with Gasteiger partial charge in [0.2, 0.25) is 5.82 Å². The number of carbonyl (C=O) groups excluding carboxylic acids is 1. The zero-order chi connectivity index (χ0) is 14.2. The molecule has 0 aliphatic carbocycles. The van der Waals surface area contributed by atoms with E-state index in [9.17, 15) is 18.0 Å². The molecule has 0 aliphatic rings. The Kier molecular flexibility index (Phi) is 3.37. The van der Waals surface area contributed by atoms with Gasteiger partial charge < -0.3 is 14.5 Å². The molecule has 1 aromatic carbocycles. The molecule has 0 saturated heterocycles. The van der Waals surface area contributed by atoms with Crippen LogP contribution in [0.25, 0.3) is 10.9 Å². The molecule has 1 heterocycles. The van der Waals surface area contributed by atoms with Crippen molar-refractivity contribution in [2.75, 3.05) is 13.7 Å². The second kappa shape index (κ2) is 4.83. The molecule has 0 unspecified atom stereocenters. The third-order valence-electron chi connectivity index (χ3n) is 2.56. The average molecular weight is 273 g/mol. The maximum Gasteiger partial charge on any atom is 0.354 e. The summed E-state index contributed by atoms with van der Waals surface area (Å²) in [5.41, 5.74) is -0.610. The van der Waals surface area contributed by atoms with E-state index in [-0.39, 0.29) is 17.7 Å². The molecule has 1 N–H and O–H groups in total. The number of carbonyl (C=O) groups is 1. The molecule has 0 radical (unpaired) electrons. The Bertz CT molecular complexity index is 651. The third-order valence-corrected chi connectivity index (χ3v) is 2.56. The molecule has 0 spiro atoms. The van der Waals surface area contributed by atoms with E-state index in [1.54, 1.807) is 6.92 Å². The summed E-state index contributed by atoms with van der Waals surface area (Å²) in [6.45, 7) is 1.70. The predicted molar refractivity (Wildman–Crippen MR) is 60.7 cm³/mol. The first-order chi connectivity index (χ1) is 9.01. The van der Waals surface area contributed by atoms with E-state index in [0.29, 0.717) is 0 Å². The Labute approximate surface area is 106 Å². The van der Waals surface area contributed by atoms with E-state index in [4.69, 9.17) is 0 Å². The van der Waals surface area contributed by atoms with E-state index in [1.165, 1.54) is 0 Å². The van der Waals surface area contributed by atoms with Crippen LogP contribution >= 0.6 is 0 Å². The molecule has 2 aromatic rings. The zero-order valence-corrected chi connectivity index (χ0v) is 10.1. The quantitative estimate of drug-likeness (QED) is 0.691. The third kappa shape index (κ3) is 2.00. The maximum atomic E-state index is 13.9. The Morgan fingerprint density at radius 1 is 1.26 bits per heavy atom. The summed E-state index contributed by atoms with van der Waals surface area (Å²) in [4.78, 5) is 13.7. The minimum atomic E-state index is -1.45. The van der Waals surface area contributed by atoms with Crippen molar-refractivity contribution >= 4 is 16.9 Å². The first kappa shape index (κ1) is 13.3. The summed E-state index contributed by atoms with van der Waals surface area (Å²) in [6.07, 6.45) is 0. The number of H-pyrrole nitrogens is 1. The van der Waals surface area contributed by atoms with Crippen molar-refractivity contribution in [1.82, 2.24) is 4.98 Å². The highest BCUT2D eigenvalue weighted by molar-refractivity contribution is 5.95. The van der Waals surface area contributed by atoms with E-state index in [2.05, 4.69) is 14.5 Å². The number of aromatic amines is 1. The highest BCUT2D eigenvalue weighted by Gasteiger charge is 2.24. The lowest BCUT2D eigenvalue weighted by Gasteiger charge is -2.05. The molecule has 2 rings (SSSR count). The lowest BCUT2D eigenvalue weighted by atomic mass is 10.2. The number of hydrogen-bond donors (Lipinski definition) is 1. The van der Waals surface area contributed by atoms with Crippen LogP contribution < -0.4 is 4.74 Å². The first-order valence-corrected chi connectivity index (χ1v) is 5.41. The van der Waals surface area contributed by atoms with E-state index in [0.717, 1.165) is 13.2 Å². The van der Waals surface area contributed by atoms with Crippen LogP contribution in [-0.2, 0) is 4.74 Å². The van der Waals surface area contributed by atoms with Crippen LogP contribution in [-0.4, -0.2) is 24.7 Å². The van der Waals surface area contributed by atoms with Crippen LogP contribution in [0.2, 0.25) is 0 Å². The molecule has 102 valence electrons. The van der Waals surface area contributed by atoms with Crippen molar-refractivity contribution in [2.45, 2.75) is 6.92 Å². The van der Waals surface area contributed by atoms with E-state index in [1.807, 2.05) is 0 Å². The molecular formula is C12H10F3NO3. The number of aromatic nitrogens is 1. The molecule has 0 bridgehead atoms. The number of benzene rings is 1. The molecule has 19 heavy (non-hydrogen) atoms. The lowest BCUT2D eigenvalue weighted by molar-refractivity contribution is 0.0520. The van der Waals surface area contributed by atoms with Gasteiger partial charge in [-0.3, -0.25) is 0 Å². The zero-order valence-electron chi connectivity index (χ0n) is 10.1. The summed E-state index contributed by atoms with van der Waals surface area (Å²) in [5, 5.41) is -0.279. The number of nitrogens with one attached hydrogen (secondary N) is 1. The topological polar surface area (TPSA) is 51.3 Å². The SMILES string of the molecule is CCOC(=O)c1cc2c(F)c(OC)c(F)c(F)c2[nH]1. The van der Waals surface area contributed by atoms with Crippen LogP contribution in [0.5, 0.6) is 5.75 Å². The minimum absolute atomic E-state index is 0.108. The van der Waals surface area contributed by atoms with Crippen LogP contribution in [0.3, 0.4) is 0 Å². The van der Waals surface area contributed by atoms with Crippen molar-refractivity contribution in [3.05, 3.63) is 29.2 Å². The monoisotopic (exact) mass is 273 g/mol. The Morgan fingerprint density at radius 2 is 1.95 bits per heavy atom. The fourth-order valence-corrected chi connectivity index (χ4v) is 1.73. The average Bonchev–Trinajstić information content (AvgIpc) is 2.82. The fraction of sp³-hybridized carbons (Fsp3) is 0.250. The number of ether oxygens (including phenoxy) is 2. The van der Waals surface area contributed by atoms with Crippen LogP contribution in [0.1, 0.15) is 17.4 Å². The fourth-order valence-electron chi connectivity index (χ4n) is 1.73. The normalized spacial score (nSPS) is 10.8. The van der Waals surface area contributed by atoms with Crippen molar-refractivity contribution in [3.63, 3.8) is 0 Å². The minimum Gasteiger partial charge on any atom is -0.491 e. The number of esters is 1. The smallest absolute Gasteiger partial charge is 0.354 e. The van der Waals surface area contributed by atoms with Gasteiger partial charge in [-0.1, -0.05) is 0 Å². The number of rotatable bonds is 3. The predicted octanol–water partition coefficient (Wildman–Crippen LogP) is 2.77. The largest absolute Gasteiger partial charge is 0.491 e. The van der Waals surface area contributed by atoms with Gasteiger partial charge in [-0.2, -0.15) is 4.39 Å². The molecule has 4 nitrogen and oxygen atoms in total. The number of halogens is 3. The Hall–Kier alpha value is -2.18. The lowest BCUT2D eigenvalue weighted by Crippen LogP contribution is -2.04. The maximum absolute atomic E-state index is 13.9. The Balaban J connectivity index is 2.69. The highest BCUT2D eigenvalue weighted by Crippen LogP contribution is 2.32. The second-order valence-corrected chi connectivity index (χ2v) is 3.67. The van der Waals surface area contributed by atoms with Crippen molar-refractivity contribution in [2.24, 2.45) is 0 Å². The summed E-state index contributed by atoms with van der Waals surface area (Å²) in [7, 11) is 1.02. The van der Waals surface area contributed by atoms with Crippen molar-refractivity contribution in [3.8, 4) is 5.75 Å². The van der Waals surface area contributed by atoms with Crippen molar-refractivity contribution < 1.29 is 27.4 Å². The number of methoxy groups -OCH3 is 1. The standard InChI is InChI=1S/C12H10F3NO3/c1-3-19-12(17)6-4-5-7(13)11(18-2)9(15)8(14)10(5)16-6/h4,16H,3H2,1-2H3. The molecule has 0 fully saturated rings. The van der Waals surface area contributed by atoms with Gasteiger partial charge in [-0.25, -0.2) is 13.6 Å². The van der Waals surface area contributed by atoms with Crippen LogP contribution in [0.4, 0.5) is 13.2 Å². The van der Waals surface area contributed by atoms with Gasteiger partial charge in [-0.05, 0) is 13.0 Å². The van der Waals surface area contributed by atoms with Crippen LogP contribution in [0, 0.1) is 17.5 Å². The van der Waals surface area contributed by atoms with Gasteiger partial charge >= 0.3 is 5.97 Å². The second-order valence-electron chi connectivity index (χ2n) is 3.67. The molecule has 0 aliphatic heterocycles. The number of hydrogen-bond acceptors (Lipinski definition) is 3. The Morgan fingerprint density at radius 3 is 2.53 bits per heavy atom. The highest BCUT2D eigenvalue weighted by atomic mass is 19.2. The summed E-state index contributed by atoms with van der Waals surface area (Å²) in [5.74, 6) is -5.46. The molecule has 1 aromatic heterocycles. The molecule has 0 amide bonds. The van der Waals surface area contributed by atoms with Crippen molar-refractivity contribution in [1.29, 1.82) is 0 Å². The van der Waals surface area contributed by atoms with Gasteiger partial charge in [0.15, 0.2) is 17.4 Å². The van der Waals surface area contributed by atoms with E-state index < -0.39 is 34.7 Å². The summed E-state index contributed by atoms with van der Waals surface area (Å²) < 4.78 is 50.2. The summed E-state index contributed by atoms with van der Waals surface area (Å²) >= 11 is 0. The first-order valence-electron chi connectivity index (χ1n) is 5.41. The van der Waals surface area contributed by atoms with Gasteiger partial charge in [0, 0.05) is 5.39 Å². The molecule has 7 heteroatoms. The van der Waals surface area contributed by atoms with Gasteiger partial charge in [-0.15, -0.1) is 0 Å². The van der Waals surface area contributed by atoms with Crippen LogP contribution in [0.15, 0.2) is 6.07 Å². The molecular weight excluding hydrogens is 263 g/mol. The van der Waals surface area contributed by atoms with E-state index >= 15 is 0 Å². The summed E-state index contributed by atoms with van der Waals surface area (Å²) in [6, 6.07) is 1.05. The molecule has 0 atom stereocenters. The molecule has 0 saturated carbocycles. The van der Waals surface area contributed by atoms with Gasteiger partial charge in [0.05, 0.1) is 19.2 Å².